The van der Waals surface area contributed by atoms with Crippen molar-refractivity contribution in [1.82, 2.24) is 20.5 Å². The summed E-state index contributed by atoms with van der Waals surface area (Å²) in [7, 11) is 0. The molecule has 0 fully saturated rings. The summed E-state index contributed by atoms with van der Waals surface area (Å²) in [5.74, 6) is 0. The first-order valence-electron chi connectivity index (χ1n) is 6.71. The lowest BCUT2D eigenvalue weighted by Gasteiger charge is -2.04. The van der Waals surface area contributed by atoms with Gasteiger partial charge in [-0.3, -0.25) is 5.43 Å². The summed E-state index contributed by atoms with van der Waals surface area (Å²) in [6.45, 7) is 6.01. The van der Waals surface area contributed by atoms with Crippen molar-refractivity contribution < 1.29 is 0 Å². The Hall–Kier alpha value is -1.89. The third-order valence-corrected chi connectivity index (χ3v) is 3.70. The topological polar surface area (TPSA) is 54.2 Å². The highest BCUT2D eigenvalue weighted by atomic mass is 35.5. The number of hydrogen-bond acceptors (Lipinski definition) is 3. The highest BCUT2D eigenvalue weighted by Gasteiger charge is 2.13. The molecule has 0 radical (unpaired) electrons. The molecule has 0 atom stereocenters. The third kappa shape index (κ3) is 4.54. The van der Waals surface area contributed by atoms with E-state index in [1.54, 1.807) is 29.1 Å². The number of rotatable bonds is 5. The van der Waals surface area contributed by atoms with Crippen molar-refractivity contribution in [2.45, 2.75) is 6.92 Å². The number of aryl methyl sites for hydroxylation is 1. The molecule has 5 nitrogen and oxygen atoms in total. The van der Waals surface area contributed by atoms with E-state index in [-0.39, 0.29) is 0 Å². The summed E-state index contributed by atoms with van der Waals surface area (Å²) in [4.78, 5) is 0. The molecule has 2 N–H and O–H groups in total. The second-order valence-electron chi connectivity index (χ2n) is 4.55. The van der Waals surface area contributed by atoms with Crippen molar-refractivity contribution in [3.05, 3.63) is 58.4 Å². The zero-order valence-electron chi connectivity index (χ0n) is 12.4. The molecule has 0 unspecified atom stereocenters. The largest absolute Gasteiger partial charge is 0.358 e. The number of nitrogens with one attached hydrogen (secondary N) is 2. The molecular formula is C15H15Cl2N5S. The minimum atomic E-state index is 0.400. The molecule has 1 aromatic carbocycles. The van der Waals surface area contributed by atoms with Crippen LogP contribution in [0.5, 0.6) is 0 Å². The number of hydrazone groups is 1. The maximum absolute atomic E-state index is 6.39. The summed E-state index contributed by atoms with van der Waals surface area (Å²) in [5.41, 5.74) is 4.92. The summed E-state index contributed by atoms with van der Waals surface area (Å²) in [6, 6.07) is 7.29. The van der Waals surface area contributed by atoms with E-state index < -0.39 is 0 Å². The summed E-state index contributed by atoms with van der Waals surface area (Å²) >= 11 is 17.4. The van der Waals surface area contributed by atoms with Gasteiger partial charge in [-0.15, -0.1) is 6.58 Å². The first kappa shape index (κ1) is 17.5. The molecular weight excluding hydrogens is 353 g/mol. The van der Waals surface area contributed by atoms with Gasteiger partial charge in [0.25, 0.3) is 0 Å². The normalized spacial score (nSPS) is 10.7. The van der Waals surface area contributed by atoms with Gasteiger partial charge in [-0.2, -0.15) is 10.2 Å². The number of nitrogens with zero attached hydrogens (tertiary/aromatic N) is 3. The smallest absolute Gasteiger partial charge is 0.187 e. The molecule has 0 spiro atoms. The van der Waals surface area contributed by atoms with Crippen molar-refractivity contribution in [2.75, 3.05) is 6.54 Å². The molecule has 2 rings (SSSR count). The van der Waals surface area contributed by atoms with E-state index in [0.29, 0.717) is 27.4 Å². The Bertz CT molecular complexity index is 754. The van der Waals surface area contributed by atoms with E-state index in [1.807, 2.05) is 19.1 Å². The Labute approximate surface area is 150 Å². The number of thiocarbonyl (C=S) groups is 1. The lowest BCUT2D eigenvalue weighted by atomic mass is 10.3. The molecule has 0 aliphatic carbocycles. The first-order valence-corrected chi connectivity index (χ1v) is 7.88. The fraction of sp³-hybridized carbons (Fsp3) is 0.133. The molecule has 120 valence electrons. The number of aromatic nitrogens is 2. The quantitative estimate of drug-likeness (QED) is 0.367. The summed E-state index contributed by atoms with van der Waals surface area (Å²) in [6.07, 6.45) is 3.28. The molecule has 0 amide bonds. The monoisotopic (exact) mass is 367 g/mol. The van der Waals surface area contributed by atoms with E-state index in [0.717, 1.165) is 11.4 Å². The van der Waals surface area contributed by atoms with Crippen LogP contribution in [0.25, 0.3) is 5.69 Å². The van der Waals surface area contributed by atoms with E-state index in [1.165, 1.54) is 0 Å². The highest BCUT2D eigenvalue weighted by Crippen LogP contribution is 2.23. The van der Waals surface area contributed by atoms with Crippen molar-refractivity contribution in [3.63, 3.8) is 0 Å². The Morgan fingerprint density at radius 2 is 2.26 bits per heavy atom. The zero-order valence-corrected chi connectivity index (χ0v) is 14.7. The zero-order chi connectivity index (χ0) is 16.8. The van der Waals surface area contributed by atoms with Gasteiger partial charge in [-0.25, -0.2) is 4.68 Å². The van der Waals surface area contributed by atoms with Crippen LogP contribution in [0.4, 0.5) is 0 Å². The van der Waals surface area contributed by atoms with E-state index >= 15 is 0 Å². The average Bonchev–Trinajstić information content (AvgIpc) is 2.81. The molecule has 1 aromatic heterocycles. The molecule has 0 saturated carbocycles. The minimum absolute atomic E-state index is 0.400. The van der Waals surface area contributed by atoms with Crippen LogP contribution in [-0.2, 0) is 0 Å². The number of halogens is 2. The minimum Gasteiger partial charge on any atom is -0.358 e. The van der Waals surface area contributed by atoms with E-state index in [2.05, 4.69) is 27.5 Å². The standard InChI is InChI=1S/C15H15Cl2N5S/c1-3-7-18-15(23)20-19-9-13-10(2)21-22(14(13)17)12-6-4-5-11(16)8-12/h3-6,8-9H,1,7H2,2H3,(H2,18,20,23). The molecule has 1 heterocycles. The molecule has 2 aromatic rings. The van der Waals surface area contributed by atoms with E-state index in [4.69, 9.17) is 35.4 Å². The fourth-order valence-electron chi connectivity index (χ4n) is 1.80. The maximum atomic E-state index is 6.39. The molecule has 8 heteroatoms. The Morgan fingerprint density at radius 1 is 1.48 bits per heavy atom. The van der Waals surface area contributed by atoms with Crippen LogP contribution in [0.1, 0.15) is 11.3 Å². The summed E-state index contributed by atoms with van der Waals surface area (Å²) < 4.78 is 1.61. The Kier molecular flexibility index (Phi) is 6.15. The Morgan fingerprint density at radius 3 is 2.96 bits per heavy atom. The summed E-state index contributed by atoms with van der Waals surface area (Å²) in [5, 5.41) is 12.8. The third-order valence-electron chi connectivity index (χ3n) is 2.87. The highest BCUT2D eigenvalue weighted by molar-refractivity contribution is 7.80. The van der Waals surface area contributed by atoms with Crippen LogP contribution in [0.2, 0.25) is 10.2 Å². The second-order valence-corrected chi connectivity index (χ2v) is 5.75. The molecule has 0 aliphatic heterocycles. The lowest BCUT2D eigenvalue weighted by molar-refractivity contribution is 0.863. The van der Waals surface area contributed by atoms with Crippen LogP contribution in [0.3, 0.4) is 0 Å². The second kappa shape index (κ2) is 8.10. The van der Waals surface area contributed by atoms with Gasteiger partial charge in [0, 0.05) is 11.6 Å². The predicted molar refractivity (Wildman–Crippen MR) is 99.8 cm³/mol. The van der Waals surface area contributed by atoms with Crippen LogP contribution in [0, 0.1) is 6.92 Å². The molecule has 0 aliphatic rings. The van der Waals surface area contributed by atoms with Crippen LogP contribution < -0.4 is 10.7 Å². The molecule has 0 bridgehead atoms. The fourth-order valence-corrected chi connectivity index (χ4v) is 2.44. The van der Waals surface area contributed by atoms with Crippen LogP contribution in [-0.4, -0.2) is 27.7 Å². The van der Waals surface area contributed by atoms with Gasteiger partial charge in [0.2, 0.25) is 0 Å². The maximum Gasteiger partial charge on any atom is 0.187 e. The van der Waals surface area contributed by atoms with Gasteiger partial charge >= 0.3 is 0 Å². The van der Waals surface area contributed by atoms with Gasteiger partial charge in [0.05, 0.1) is 23.2 Å². The van der Waals surface area contributed by atoms with Gasteiger partial charge in [-0.05, 0) is 37.3 Å². The van der Waals surface area contributed by atoms with Crippen LogP contribution in [0.15, 0.2) is 42.0 Å². The number of benzene rings is 1. The SMILES string of the molecule is C=CCNC(=S)NN=Cc1c(C)nn(-c2cccc(Cl)c2)c1Cl. The first-order chi connectivity index (χ1) is 11.0. The van der Waals surface area contributed by atoms with Crippen molar-refractivity contribution in [1.29, 1.82) is 0 Å². The van der Waals surface area contributed by atoms with Gasteiger partial charge in [0.15, 0.2) is 5.11 Å². The number of hydrogen-bond donors (Lipinski definition) is 2. The molecule has 0 saturated heterocycles. The van der Waals surface area contributed by atoms with Gasteiger partial charge in [-0.1, -0.05) is 35.3 Å². The van der Waals surface area contributed by atoms with Crippen LogP contribution >= 0.6 is 35.4 Å². The lowest BCUT2D eigenvalue weighted by Crippen LogP contribution is -2.31. The van der Waals surface area contributed by atoms with Crippen molar-refractivity contribution in [3.8, 4) is 5.69 Å². The molecule has 23 heavy (non-hydrogen) atoms. The van der Waals surface area contributed by atoms with Gasteiger partial charge < -0.3 is 5.32 Å². The van der Waals surface area contributed by atoms with Crippen molar-refractivity contribution >= 4 is 46.7 Å². The van der Waals surface area contributed by atoms with E-state index in [9.17, 15) is 0 Å². The average molecular weight is 368 g/mol. The predicted octanol–water partition coefficient (Wildman–Crippen LogP) is 3.47. The van der Waals surface area contributed by atoms with Crippen molar-refractivity contribution in [2.24, 2.45) is 5.10 Å². The van der Waals surface area contributed by atoms with Gasteiger partial charge in [0.1, 0.15) is 5.15 Å². The Balaban J connectivity index is 2.18.